The first kappa shape index (κ1) is 24.6. The number of phenolic OH excluding ortho intramolecular Hbond substituents is 1. The number of allylic oxidation sites excluding steroid dienone is 1. The van der Waals surface area contributed by atoms with E-state index < -0.39 is 6.04 Å². The highest BCUT2D eigenvalue weighted by atomic mass is 35.5. The van der Waals surface area contributed by atoms with Crippen LogP contribution in [0, 0.1) is 0 Å². The van der Waals surface area contributed by atoms with E-state index in [1.807, 2.05) is 13.8 Å². The van der Waals surface area contributed by atoms with Gasteiger partial charge in [-0.15, -0.1) is 0 Å². The molecule has 0 saturated carbocycles. The van der Waals surface area contributed by atoms with E-state index in [0.29, 0.717) is 59.6 Å². The van der Waals surface area contributed by atoms with Crippen LogP contribution >= 0.6 is 11.6 Å². The Labute approximate surface area is 208 Å². The predicted molar refractivity (Wildman–Crippen MR) is 131 cm³/mol. The maximum Gasteiger partial charge on any atom is 0.322 e. The lowest BCUT2D eigenvalue weighted by Gasteiger charge is -2.35. The number of halogens is 1. The average molecular weight is 499 g/mol. The van der Waals surface area contributed by atoms with E-state index in [-0.39, 0.29) is 17.7 Å². The number of rotatable bonds is 9. The van der Waals surface area contributed by atoms with Crippen molar-refractivity contribution in [1.82, 2.24) is 20.4 Å². The van der Waals surface area contributed by atoms with Crippen molar-refractivity contribution in [2.45, 2.75) is 26.3 Å². The number of hydrogen-bond donors (Lipinski definition) is 2. The Morgan fingerprint density at radius 3 is 2.69 bits per heavy atom. The molecule has 0 bridgehead atoms. The van der Waals surface area contributed by atoms with E-state index in [2.05, 4.69) is 15.5 Å². The summed E-state index contributed by atoms with van der Waals surface area (Å²) in [6.07, 6.45) is 0.666. The van der Waals surface area contributed by atoms with Crippen molar-refractivity contribution < 1.29 is 23.9 Å². The topological polar surface area (TPSA) is 110 Å². The van der Waals surface area contributed by atoms with Crippen molar-refractivity contribution in [2.75, 3.05) is 26.9 Å². The first-order valence-electron chi connectivity index (χ1n) is 11.3. The van der Waals surface area contributed by atoms with Crippen LogP contribution in [0.4, 0.5) is 4.79 Å². The number of nitrogens with one attached hydrogen (secondary N) is 1. The Balaban J connectivity index is 1.75. The SMILES string of the molecule is CCOCCCN1C(=O)NC(c2ccc(OC)c(O)c2)C(c2nc(-c3ccc(Cl)cc3)no2)=C1C. The second-order valence-corrected chi connectivity index (χ2v) is 8.38. The minimum Gasteiger partial charge on any atom is -0.504 e. The Morgan fingerprint density at radius 2 is 2.00 bits per heavy atom. The third-order valence-corrected chi connectivity index (χ3v) is 6.02. The molecule has 3 aromatic rings. The largest absolute Gasteiger partial charge is 0.504 e. The summed E-state index contributed by atoms with van der Waals surface area (Å²) in [7, 11) is 1.48. The van der Waals surface area contributed by atoms with E-state index in [9.17, 15) is 9.90 Å². The first-order valence-corrected chi connectivity index (χ1v) is 11.6. The number of hydrogen-bond acceptors (Lipinski definition) is 7. The van der Waals surface area contributed by atoms with Gasteiger partial charge in [-0.3, -0.25) is 4.90 Å². The van der Waals surface area contributed by atoms with Gasteiger partial charge in [-0.25, -0.2) is 4.79 Å². The zero-order chi connectivity index (χ0) is 24.9. The number of ether oxygens (including phenoxy) is 2. The van der Waals surface area contributed by atoms with Crippen molar-refractivity contribution in [1.29, 1.82) is 0 Å². The van der Waals surface area contributed by atoms with Gasteiger partial charge in [0.1, 0.15) is 0 Å². The number of carbonyl (C=O) groups excluding carboxylic acids is 1. The number of nitrogens with zero attached hydrogens (tertiary/aromatic N) is 3. The minimum absolute atomic E-state index is 0.0391. The summed E-state index contributed by atoms with van der Waals surface area (Å²) in [5.74, 6) is 0.955. The first-order chi connectivity index (χ1) is 16.9. The van der Waals surface area contributed by atoms with Crippen LogP contribution in [0.2, 0.25) is 5.02 Å². The van der Waals surface area contributed by atoms with E-state index in [1.54, 1.807) is 47.4 Å². The normalized spacial score (nSPS) is 15.9. The molecule has 2 heterocycles. The van der Waals surface area contributed by atoms with Gasteiger partial charge in [0.25, 0.3) is 5.89 Å². The van der Waals surface area contributed by atoms with Crippen LogP contribution in [-0.2, 0) is 4.74 Å². The van der Waals surface area contributed by atoms with Crippen LogP contribution in [0.5, 0.6) is 11.5 Å². The summed E-state index contributed by atoms with van der Waals surface area (Å²) in [5.41, 5.74) is 2.70. The molecule has 10 heteroatoms. The number of urea groups is 1. The van der Waals surface area contributed by atoms with Gasteiger partial charge in [0.05, 0.1) is 18.7 Å². The average Bonchev–Trinajstić information content (AvgIpc) is 3.33. The number of aromatic nitrogens is 2. The highest BCUT2D eigenvalue weighted by Crippen LogP contribution is 2.39. The molecule has 0 aliphatic carbocycles. The number of carbonyl (C=O) groups is 1. The molecule has 1 aliphatic rings. The van der Waals surface area contributed by atoms with E-state index >= 15 is 0 Å². The van der Waals surface area contributed by atoms with Crippen molar-refractivity contribution in [3.05, 3.63) is 64.6 Å². The molecule has 2 N–H and O–H groups in total. The summed E-state index contributed by atoms with van der Waals surface area (Å²) in [4.78, 5) is 19.3. The highest BCUT2D eigenvalue weighted by molar-refractivity contribution is 6.30. The molecule has 2 aromatic carbocycles. The zero-order valence-corrected chi connectivity index (χ0v) is 20.5. The van der Waals surface area contributed by atoms with Crippen LogP contribution in [-0.4, -0.2) is 53.0 Å². The summed E-state index contributed by atoms with van der Waals surface area (Å²) in [5, 5.41) is 18.1. The van der Waals surface area contributed by atoms with Crippen molar-refractivity contribution in [2.24, 2.45) is 0 Å². The molecule has 9 nitrogen and oxygen atoms in total. The second kappa shape index (κ2) is 10.8. The summed E-state index contributed by atoms with van der Waals surface area (Å²) in [6, 6.07) is 11.2. The van der Waals surface area contributed by atoms with Gasteiger partial charge in [0.15, 0.2) is 11.5 Å². The maximum atomic E-state index is 13.1. The molecule has 1 aliphatic heterocycles. The third kappa shape index (κ3) is 5.26. The molecule has 1 aromatic heterocycles. The predicted octanol–water partition coefficient (Wildman–Crippen LogP) is 5.03. The van der Waals surface area contributed by atoms with Crippen LogP contribution in [0.25, 0.3) is 17.0 Å². The summed E-state index contributed by atoms with van der Waals surface area (Å²) >= 11 is 6.00. The third-order valence-electron chi connectivity index (χ3n) is 5.77. The van der Waals surface area contributed by atoms with Gasteiger partial charge in [-0.1, -0.05) is 22.8 Å². The van der Waals surface area contributed by atoms with E-state index in [0.717, 1.165) is 5.56 Å². The van der Waals surface area contributed by atoms with Gasteiger partial charge in [0, 0.05) is 36.0 Å². The molecule has 0 fully saturated rings. The van der Waals surface area contributed by atoms with Crippen LogP contribution in [0.15, 0.2) is 52.7 Å². The lowest BCUT2D eigenvalue weighted by Crippen LogP contribution is -2.46. The molecule has 4 rings (SSSR count). The lowest BCUT2D eigenvalue weighted by atomic mass is 9.94. The highest BCUT2D eigenvalue weighted by Gasteiger charge is 2.36. The monoisotopic (exact) mass is 498 g/mol. The number of phenols is 1. The maximum absolute atomic E-state index is 13.1. The standard InChI is InChI=1S/C25H27ClN4O5/c1-4-34-13-5-12-30-15(2)21(24-28-23(29-35-24)16-6-9-18(26)10-7-16)22(27-25(30)32)17-8-11-20(33-3)19(31)14-17/h6-11,14,22,31H,4-5,12-13H2,1-3H3,(H,27,32). The van der Waals surface area contributed by atoms with Gasteiger partial charge in [-0.2, -0.15) is 4.98 Å². The van der Waals surface area contributed by atoms with Crippen molar-refractivity contribution >= 4 is 23.2 Å². The molecule has 35 heavy (non-hydrogen) atoms. The Bertz CT molecular complexity index is 1220. The van der Waals surface area contributed by atoms with Crippen molar-refractivity contribution in [3.63, 3.8) is 0 Å². The lowest BCUT2D eigenvalue weighted by molar-refractivity contribution is 0.136. The molecule has 1 unspecified atom stereocenters. The molecule has 184 valence electrons. The van der Waals surface area contributed by atoms with Crippen LogP contribution < -0.4 is 10.1 Å². The van der Waals surface area contributed by atoms with Crippen LogP contribution in [0.1, 0.15) is 37.8 Å². The van der Waals surface area contributed by atoms with E-state index in [4.69, 9.17) is 25.6 Å². The fourth-order valence-corrected chi connectivity index (χ4v) is 4.11. The second-order valence-electron chi connectivity index (χ2n) is 7.95. The van der Waals surface area contributed by atoms with Gasteiger partial charge in [0.2, 0.25) is 5.82 Å². The van der Waals surface area contributed by atoms with Gasteiger partial charge < -0.3 is 24.4 Å². The number of methoxy groups -OCH3 is 1. The minimum atomic E-state index is -0.624. The Hall–Kier alpha value is -3.56. The van der Waals surface area contributed by atoms with Gasteiger partial charge >= 0.3 is 6.03 Å². The summed E-state index contributed by atoms with van der Waals surface area (Å²) < 4.78 is 16.3. The molecule has 2 amide bonds. The Kier molecular flexibility index (Phi) is 7.57. The van der Waals surface area contributed by atoms with Crippen LogP contribution in [0.3, 0.4) is 0 Å². The molecular weight excluding hydrogens is 472 g/mol. The fourth-order valence-electron chi connectivity index (χ4n) is 3.98. The molecule has 0 spiro atoms. The Morgan fingerprint density at radius 1 is 1.23 bits per heavy atom. The summed E-state index contributed by atoms with van der Waals surface area (Å²) in [6.45, 7) is 5.39. The molecule has 0 saturated heterocycles. The smallest absolute Gasteiger partial charge is 0.322 e. The molecule has 1 atom stereocenters. The number of amides is 2. The van der Waals surface area contributed by atoms with Gasteiger partial charge in [-0.05, 0) is 62.2 Å². The molecular formula is C25H27ClN4O5. The van der Waals surface area contributed by atoms with Crippen molar-refractivity contribution in [3.8, 4) is 22.9 Å². The quantitative estimate of drug-likeness (QED) is 0.398. The molecule has 0 radical (unpaired) electrons. The van der Waals surface area contributed by atoms with E-state index in [1.165, 1.54) is 7.11 Å². The number of benzene rings is 2. The fraction of sp³-hybridized carbons (Fsp3) is 0.320. The number of aromatic hydroxyl groups is 1. The zero-order valence-electron chi connectivity index (χ0n) is 19.7.